The van der Waals surface area contributed by atoms with Crippen LogP contribution in [0.3, 0.4) is 0 Å². The van der Waals surface area contributed by atoms with Crippen LogP contribution in [0.1, 0.15) is 17.4 Å². The molecular formula is C13H18ClN5O. The van der Waals surface area contributed by atoms with E-state index in [1.54, 1.807) is 10.9 Å². The Bertz CT molecular complexity index is 543. The summed E-state index contributed by atoms with van der Waals surface area (Å²) in [6.45, 7) is 3.05. The normalized spacial score (nSPS) is 11.5. The first kappa shape index (κ1) is 16.1. The molecule has 1 heterocycles. The quantitative estimate of drug-likeness (QED) is 0.862. The number of halogens is 1. The number of nitrogens with zero attached hydrogens (tertiary/aromatic N) is 3. The average Bonchev–Trinajstić information content (AvgIpc) is 2.95. The first-order valence-electron chi connectivity index (χ1n) is 6.16. The van der Waals surface area contributed by atoms with Crippen molar-refractivity contribution in [3.8, 4) is 5.69 Å². The van der Waals surface area contributed by atoms with Gasteiger partial charge in [0.2, 0.25) is 0 Å². The number of hydrogen-bond acceptors (Lipinski definition) is 4. The monoisotopic (exact) mass is 295 g/mol. The van der Waals surface area contributed by atoms with Crippen molar-refractivity contribution in [1.82, 2.24) is 20.3 Å². The molecule has 1 aromatic heterocycles. The number of benzene rings is 1. The summed E-state index contributed by atoms with van der Waals surface area (Å²) in [6.07, 6.45) is 1.61. The Morgan fingerprint density at radius 1 is 1.40 bits per heavy atom. The van der Waals surface area contributed by atoms with Gasteiger partial charge in [-0.05, 0) is 24.6 Å². The smallest absolute Gasteiger partial charge is 0.273 e. The molecule has 108 valence electrons. The number of hydrogen-bond donors (Lipinski definition) is 2. The number of para-hydroxylation sites is 1. The summed E-state index contributed by atoms with van der Waals surface area (Å²) in [4.78, 5) is 11.8. The maximum absolute atomic E-state index is 11.8. The fraction of sp³-hybridized carbons (Fsp3) is 0.308. The highest BCUT2D eigenvalue weighted by Gasteiger charge is 2.11. The van der Waals surface area contributed by atoms with Gasteiger partial charge in [-0.2, -0.15) is 0 Å². The zero-order valence-corrected chi connectivity index (χ0v) is 12.0. The second-order valence-electron chi connectivity index (χ2n) is 4.43. The van der Waals surface area contributed by atoms with E-state index in [2.05, 4.69) is 15.6 Å². The van der Waals surface area contributed by atoms with Crippen molar-refractivity contribution >= 4 is 18.3 Å². The second-order valence-corrected chi connectivity index (χ2v) is 4.43. The molecule has 20 heavy (non-hydrogen) atoms. The molecule has 0 bridgehead atoms. The molecule has 7 heteroatoms. The second kappa shape index (κ2) is 7.62. The highest BCUT2D eigenvalue weighted by Crippen LogP contribution is 2.05. The van der Waals surface area contributed by atoms with Crippen molar-refractivity contribution in [1.29, 1.82) is 0 Å². The standard InChI is InChI=1S/C13H17N5O.ClH/c1-10(7-14)8-15-13(19)12-9-18(17-16-12)11-5-3-2-4-6-11;/h2-6,9-10H,7-8,14H2,1H3,(H,15,19);1H. The van der Waals surface area contributed by atoms with E-state index in [0.717, 1.165) is 5.69 Å². The molecule has 0 fully saturated rings. The van der Waals surface area contributed by atoms with Gasteiger partial charge in [-0.3, -0.25) is 4.79 Å². The van der Waals surface area contributed by atoms with E-state index in [0.29, 0.717) is 18.8 Å². The molecule has 0 aliphatic heterocycles. The third-order valence-corrected chi connectivity index (χ3v) is 2.76. The van der Waals surface area contributed by atoms with Gasteiger partial charge in [-0.1, -0.05) is 30.3 Å². The van der Waals surface area contributed by atoms with E-state index in [1.807, 2.05) is 37.3 Å². The van der Waals surface area contributed by atoms with Crippen molar-refractivity contribution in [2.75, 3.05) is 13.1 Å². The Labute approximate surface area is 123 Å². The van der Waals surface area contributed by atoms with E-state index in [4.69, 9.17) is 5.73 Å². The topological polar surface area (TPSA) is 85.8 Å². The Morgan fingerprint density at radius 3 is 2.75 bits per heavy atom. The van der Waals surface area contributed by atoms with Gasteiger partial charge in [0, 0.05) is 6.54 Å². The van der Waals surface area contributed by atoms with Crippen molar-refractivity contribution in [2.24, 2.45) is 11.7 Å². The lowest BCUT2D eigenvalue weighted by molar-refractivity contribution is 0.0943. The van der Waals surface area contributed by atoms with Crippen LogP contribution in [0, 0.1) is 5.92 Å². The Morgan fingerprint density at radius 2 is 2.10 bits per heavy atom. The van der Waals surface area contributed by atoms with Crippen LogP contribution in [0.25, 0.3) is 5.69 Å². The van der Waals surface area contributed by atoms with Crippen molar-refractivity contribution in [2.45, 2.75) is 6.92 Å². The summed E-state index contributed by atoms with van der Waals surface area (Å²) in [7, 11) is 0. The molecule has 1 amide bonds. The van der Waals surface area contributed by atoms with Crippen LogP contribution >= 0.6 is 12.4 Å². The fourth-order valence-electron chi connectivity index (χ4n) is 1.52. The number of nitrogens with one attached hydrogen (secondary N) is 1. The first-order valence-corrected chi connectivity index (χ1v) is 6.16. The average molecular weight is 296 g/mol. The maximum atomic E-state index is 11.8. The number of carbonyl (C=O) groups excluding carboxylic acids is 1. The Kier molecular flexibility index (Phi) is 6.14. The molecule has 0 saturated carbocycles. The van der Waals surface area contributed by atoms with Crippen molar-refractivity contribution < 1.29 is 4.79 Å². The molecule has 2 aromatic rings. The first-order chi connectivity index (χ1) is 9.20. The lowest BCUT2D eigenvalue weighted by atomic mass is 10.2. The maximum Gasteiger partial charge on any atom is 0.273 e. The summed E-state index contributed by atoms with van der Waals surface area (Å²) in [6, 6.07) is 9.52. The molecule has 0 aliphatic carbocycles. The van der Waals surface area contributed by atoms with Crippen LogP contribution in [-0.2, 0) is 0 Å². The van der Waals surface area contributed by atoms with Gasteiger partial charge in [0.1, 0.15) is 0 Å². The molecule has 3 N–H and O–H groups in total. The molecule has 1 unspecified atom stereocenters. The van der Waals surface area contributed by atoms with Gasteiger partial charge in [-0.25, -0.2) is 4.68 Å². The van der Waals surface area contributed by atoms with E-state index in [-0.39, 0.29) is 24.2 Å². The SMILES string of the molecule is CC(CN)CNC(=O)c1cn(-c2ccccc2)nn1.Cl. The summed E-state index contributed by atoms with van der Waals surface area (Å²) < 4.78 is 1.57. The molecular weight excluding hydrogens is 278 g/mol. The van der Waals surface area contributed by atoms with Gasteiger partial charge in [-0.15, -0.1) is 17.5 Å². The third-order valence-electron chi connectivity index (χ3n) is 2.76. The van der Waals surface area contributed by atoms with E-state index < -0.39 is 0 Å². The van der Waals surface area contributed by atoms with Crippen molar-refractivity contribution in [3.05, 3.63) is 42.2 Å². The van der Waals surface area contributed by atoms with Crippen LogP contribution in [0.5, 0.6) is 0 Å². The minimum Gasteiger partial charge on any atom is -0.350 e. The van der Waals surface area contributed by atoms with Crippen LogP contribution < -0.4 is 11.1 Å². The van der Waals surface area contributed by atoms with Crippen LogP contribution in [0.4, 0.5) is 0 Å². The van der Waals surface area contributed by atoms with E-state index in [9.17, 15) is 4.79 Å². The minimum absolute atomic E-state index is 0. The fourth-order valence-corrected chi connectivity index (χ4v) is 1.52. The largest absolute Gasteiger partial charge is 0.350 e. The Hall–Kier alpha value is -1.92. The summed E-state index contributed by atoms with van der Waals surface area (Å²) >= 11 is 0. The summed E-state index contributed by atoms with van der Waals surface area (Å²) in [5.41, 5.74) is 6.66. The van der Waals surface area contributed by atoms with Gasteiger partial charge >= 0.3 is 0 Å². The van der Waals surface area contributed by atoms with E-state index >= 15 is 0 Å². The van der Waals surface area contributed by atoms with Gasteiger partial charge in [0.05, 0.1) is 11.9 Å². The van der Waals surface area contributed by atoms with Crippen LogP contribution in [0.2, 0.25) is 0 Å². The molecule has 1 aromatic carbocycles. The molecule has 0 saturated heterocycles. The predicted molar refractivity (Wildman–Crippen MR) is 79.2 cm³/mol. The zero-order valence-electron chi connectivity index (χ0n) is 11.2. The molecule has 0 spiro atoms. The summed E-state index contributed by atoms with van der Waals surface area (Å²) in [5, 5.41) is 10.6. The van der Waals surface area contributed by atoms with Crippen molar-refractivity contribution in [3.63, 3.8) is 0 Å². The predicted octanol–water partition coefficient (Wildman–Crippen LogP) is 1.01. The molecule has 0 radical (unpaired) electrons. The van der Waals surface area contributed by atoms with Crippen LogP contribution in [0.15, 0.2) is 36.5 Å². The number of carbonyl (C=O) groups is 1. The minimum atomic E-state index is -0.234. The number of rotatable bonds is 5. The van der Waals surface area contributed by atoms with Crippen LogP contribution in [-0.4, -0.2) is 34.0 Å². The zero-order chi connectivity index (χ0) is 13.7. The number of aromatic nitrogens is 3. The van der Waals surface area contributed by atoms with Gasteiger partial charge in [0.25, 0.3) is 5.91 Å². The van der Waals surface area contributed by atoms with Gasteiger partial charge in [0.15, 0.2) is 5.69 Å². The highest BCUT2D eigenvalue weighted by molar-refractivity contribution is 5.91. The Balaban J connectivity index is 0.00000200. The van der Waals surface area contributed by atoms with E-state index in [1.165, 1.54) is 0 Å². The summed E-state index contributed by atoms with van der Waals surface area (Å²) in [5.74, 6) is 0.00981. The molecule has 0 aliphatic rings. The third kappa shape index (κ3) is 4.04. The molecule has 2 rings (SSSR count). The van der Waals surface area contributed by atoms with Gasteiger partial charge < -0.3 is 11.1 Å². The lowest BCUT2D eigenvalue weighted by Crippen LogP contribution is -2.31. The lowest BCUT2D eigenvalue weighted by Gasteiger charge is -2.08. The number of amides is 1. The highest BCUT2D eigenvalue weighted by atomic mass is 35.5. The number of nitrogens with two attached hydrogens (primary N) is 1. The molecule has 6 nitrogen and oxygen atoms in total. The molecule has 1 atom stereocenters.